The quantitative estimate of drug-likeness (QED) is 0.847. The van der Waals surface area contributed by atoms with Gasteiger partial charge in [0.05, 0.1) is 30.8 Å². The summed E-state index contributed by atoms with van der Waals surface area (Å²) in [5.74, 6) is -0.0239. The average molecular weight is 278 g/mol. The molecule has 0 amide bonds. The number of aryl methyl sites for hydroxylation is 1. The van der Waals surface area contributed by atoms with Crippen molar-refractivity contribution < 1.29 is 19.4 Å². The van der Waals surface area contributed by atoms with Gasteiger partial charge in [0.25, 0.3) is 0 Å². The van der Waals surface area contributed by atoms with Gasteiger partial charge >= 0.3 is 0 Å². The average Bonchev–Trinajstić information content (AvgIpc) is 2.80. The Bertz CT molecular complexity index is 621. The van der Waals surface area contributed by atoms with Crippen molar-refractivity contribution in [2.45, 2.75) is 6.92 Å². The number of carboxylic acid groups (broad SMARTS) is 1. The Morgan fingerprint density at radius 1 is 1.26 bits per heavy atom. The number of carboxylic acids is 1. The highest BCUT2D eigenvalue weighted by Crippen LogP contribution is 2.34. The van der Waals surface area contributed by atoms with E-state index in [2.05, 4.69) is 4.98 Å². The number of carbonyl (C=O) groups excluding carboxylic acids is 1. The molecule has 0 fully saturated rings. The van der Waals surface area contributed by atoms with Crippen molar-refractivity contribution in [3.8, 4) is 22.1 Å². The highest BCUT2D eigenvalue weighted by molar-refractivity contribution is 7.17. The molecule has 6 heteroatoms. The number of methoxy groups -OCH3 is 2. The number of hydrogen-bond donors (Lipinski definition) is 0. The zero-order valence-electron chi connectivity index (χ0n) is 10.7. The number of aromatic carboxylic acids is 1. The highest BCUT2D eigenvalue weighted by atomic mass is 32.1. The van der Waals surface area contributed by atoms with Crippen LogP contribution in [0.4, 0.5) is 0 Å². The lowest BCUT2D eigenvalue weighted by Gasteiger charge is -2.08. The maximum atomic E-state index is 10.9. The predicted molar refractivity (Wildman–Crippen MR) is 69.7 cm³/mol. The number of thiazole rings is 1. The molecule has 0 saturated carbocycles. The molecule has 0 aliphatic carbocycles. The van der Waals surface area contributed by atoms with Crippen LogP contribution in [-0.2, 0) is 0 Å². The summed E-state index contributed by atoms with van der Waals surface area (Å²) < 4.78 is 10.4. The lowest BCUT2D eigenvalue weighted by molar-refractivity contribution is -0.254. The fourth-order valence-corrected chi connectivity index (χ4v) is 2.58. The van der Waals surface area contributed by atoms with Crippen molar-refractivity contribution in [2.75, 3.05) is 14.2 Å². The van der Waals surface area contributed by atoms with Crippen LogP contribution in [0.5, 0.6) is 11.5 Å². The van der Waals surface area contributed by atoms with Crippen molar-refractivity contribution in [2.24, 2.45) is 0 Å². The standard InChI is InChI=1S/C13H13NO4S/c1-7-11(13(15)16)19-12(14-7)8-4-5-9(17-2)10(6-8)18-3/h4-6H,1-3H3,(H,15,16)/p-1. The summed E-state index contributed by atoms with van der Waals surface area (Å²) in [7, 11) is 3.10. The number of carbonyl (C=O) groups is 1. The first kappa shape index (κ1) is 13.4. The Morgan fingerprint density at radius 2 is 1.95 bits per heavy atom. The molecule has 0 radical (unpaired) electrons. The van der Waals surface area contributed by atoms with Crippen LogP contribution in [0.1, 0.15) is 15.4 Å². The fourth-order valence-electron chi connectivity index (χ4n) is 1.68. The molecule has 0 aliphatic rings. The van der Waals surface area contributed by atoms with Gasteiger partial charge < -0.3 is 19.4 Å². The van der Waals surface area contributed by atoms with Gasteiger partial charge in [0.15, 0.2) is 11.5 Å². The molecule has 1 aromatic carbocycles. The van der Waals surface area contributed by atoms with Crippen LogP contribution in [0, 0.1) is 6.92 Å². The van der Waals surface area contributed by atoms with Gasteiger partial charge in [-0.05, 0) is 25.1 Å². The third-order valence-corrected chi connectivity index (χ3v) is 3.80. The van der Waals surface area contributed by atoms with Gasteiger partial charge in [0.1, 0.15) is 5.01 Å². The highest BCUT2D eigenvalue weighted by Gasteiger charge is 2.12. The van der Waals surface area contributed by atoms with Gasteiger partial charge in [-0.15, -0.1) is 11.3 Å². The Kier molecular flexibility index (Phi) is 3.71. The molecule has 0 aliphatic heterocycles. The van der Waals surface area contributed by atoms with Gasteiger partial charge in [0.2, 0.25) is 0 Å². The molecule has 0 unspecified atom stereocenters. The smallest absolute Gasteiger partial charge is 0.161 e. The predicted octanol–water partition coefficient (Wildman–Crippen LogP) is 1.50. The molecule has 1 heterocycles. The molecule has 5 nitrogen and oxygen atoms in total. The van der Waals surface area contributed by atoms with Crippen molar-refractivity contribution in [1.29, 1.82) is 0 Å². The molecule has 0 spiro atoms. The number of rotatable bonds is 4. The summed E-state index contributed by atoms with van der Waals surface area (Å²) >= 11 is 1.08. The van der Waals surface area contributed by atoms with Crippen LogP contribution in [0.2, 0.25) is 0 Å². The minimum Gasteiger partial charge on any atom is -0.544 e. The topological polar surface area (TPSA) is 71.5 Å². The monoisotopic (exact) mass is 278 g/mol. The summed E-state index contributed by atoms with van der Waals surface area (Å²) in [5, 5.41) is 11.5. The van der Waals surface area contributed by atoms with E-state index in [1.165, 1.54) is 0 Å². The first-order valence-corrected chi connectivity index (χ1v) is 6.29. The molecule has 19 heavy (non-hydrogen) atoms. The second kappa shape index (κ2) is 5.27. The maximum absolute atomic E-state index is 10.9. The van der Waals surface area contributed by atoms with E-state index in [1.54, 1.807) is 39.3 Å². The van der Waals surface area contributed by atoms with Gasteiger partial charge in [-0.2, -0.15) is 0 Å². The molecule has 100 valence electrons. The summed E-state index contributed by atoms with van der Waals surface area (Å²) in [6.45, 7) is 1.64. The van der Waals surface area contributed by atoms with Crippen LogP contribution in [0.25, 0.3) is 10.6 Å². The Balaban J connectivity index is 2.47. The molecule has 2 aromatic rings. The first-order valence-electron chi connectivity index (χ1n) is 5.48. The third-order valence-electron chi connectivity index (χ3n) is 2.61. The summed E-state index contributed by atoms with van der Waals surface area (Å²) in [5.41, 5.74) is 1.23. The largest absolute Gasteiger partial charge is 0.544 e. The fraction of sp³-hybridized carbons (Fsp3) is 0.231. The Hall–Kier alpha value is -2.08. The van der Waals surface area contributed by atoms with E-state index < -0.39 is 5.97 Å². The van der Waals surface area contributed by atoms with E-state index >= 15 is 0 Å². The molecule has 0 bridgehead atoms. The van der Waals surface area contributed by atoms with E-state index in [0.29, 0.717) is 22.2 Å². The SMILES string of the molecule is COc1ccc(-c2nc(C)c(C(=O)[O-])s2)cc1OC. The number of ether oxygens (including phenoxy) is 2. The number of aromatic nitrogens is 1. The first-order chi connectivity index (χ1) is 9.06. The zero-order valence-corrected chi connectivity index (χ0v) is 11.5. The molecule has 0 atom stereocenters. The van der Waals surface area contributed by atoms with Gasteiger partial charge in [0, 0.05) is 5.56 Å². The van der Waals surface area contributed by atoms with Gasteiger partial charge in [-0.1, -0.05) is 0 Å². The lowest BCUT2D eigenvalue weighted by atomic mass is 10.2. The van der Waals surface area contributed by atoms with E-state index in [1.807, 2.05) is 0 Å². The van der Waals surface area contributed by atoms with E-state index in [-0.39, 0.29) is 4.88 Å². The van der Waals surface area contributed by atoms with Gasteiger partial charge in [-0.3, -0.25) is 0 Å². The summed E-state index contributed by atoms with van der Waals surface area (Å²) in [4.78, 5) is 15.3. The van der Waals surface area contributed by atoms with Gasteiger partial charge in [-0.25, -0.2) is 4.98 Å². The van der Waals surface area contributed by atoms with Crippen molar-refractivity contribution in [3.05, 3.63) is 28.8 Å². The Morgan fingerprint density at radius 3 is 2.47 bits per heavy atom. The van der Waals surface area contributed by atoms with Crippen molar-refractivity contribution in [1.82, 2.24) is 4.98 Å². The van der Waals surface area contributed by atoms with Crippen LogP contribution in [0.15, 0.2) is 18.2 Å². The van der Waals surface area contributed by atoms with Crippen LogP contribution in [-0.4, -0.2) is 25.2 Å². The molecule has 0 saturated heterocycles. The van der Waals surface area contributed by atoms with Crippen molar-refractivity contribution in [3.63, 3.8) is 0 Å². The van der Waals surface area contributed by atoms with E-state index in [0.717, 1.165) is 16.9 Å². The minimum atomic E-state index is -1.21. The van der Waals surface area contributed by atoms with E-state index in [9.17, 15) is 9.90 Å². The molecule has 0 N–H and O–H groups in total. The number of hydrogen-bond acceptors (Lipinski definition) is 6. The van der Waals surface area contributed by atoms with E-state index in [4.69, 9.17) is 9.47 Å². The normalized spacial score (nSPS) is 10.3. The second-order valence-corrected chi connectivity index (χ2v) is 4.79. The number of benzene rings is 1. The number of nitrogens with zero attached hydrogens (tertiary/aromatic N) is 1. The molecular weight excluding hydrogens is 266 g/mol. The summed E-state index contributed by atoms with van der Waals surface area (Å²) in [6.07, 6.45) is 0. The molecule has 1 aromatic heterocycles. The molecular formula is C13H12NO4S-. The zero-order chi connectivity index (χ0) is 14.0. The van der Waals surface area contributed by atoms with Crippen LogP contribution < -0.4 is 14.6 Å². The third kappa shape index (κ3) is 2.53. The van der Waals surface area contributed by atoms with Crippen molar-refractivity contribution >= 4 is 17.3 Å². The minimum absolute atomic E-state index is 0.143. The lowest BCUT2D eigenvalue weighted by Crippen LogP contribution is -2.21. The summed E-state index contributed by atoms with van der Waals surface area (Å²) in [6, 6.07) is 5.32. The molecule has 2 rings (SSSR count). The second-order valence-electron chi connectivity index (χ2n) is 3.79. The Labute approximate surface area is 114 Å². The van der Waals surface area contributed by atoms with Crippen LogP contribution in [0.3, 0.4) is 0 Å². The maximum Gasteiger partial charge on any atom is 0.161 e. The van der Waals surface area contributed by atoms with Crippen LogP contribution >= 0.6 is 11.3 Å².